The number of aryl methyl sites for hydroxylation is 1. The van der Waals surface area contributed by atoms with Gasteiger partial charge in [-0.3, -0.25) is 9.69 Å². The van der Waals surface area contributed by atoms with Crippen molar-refractivity contribution in [1.82, 2.24) is 4.90 Å². The van der Waals surface area contributed by atoms with Crippen molar-refractivity contribution in [2.24, 2.45) is 4.99 Å². The van der Waals surface area contributed by atoms with Crippen molar-refractivity contribution in [3.8, 4) is 0 Å². The highest BCUT2D eigenvalue weighted by Crippen LogP contribution is 2.36. The summed E-state index contributed by atoms with van der Waals surface area (Å²) in [6.45, 7) is 2.31. The molecule has 0 unspecified atom stereocenters. The van der Waals surface area contributed by atoms with Crippen LogP contribution < -0.4 is 0 Å². The van der Waals surface area contributed by atoms with Crippen molar-refractivity contribution in [2.75, 3.05) is 0 Å². The minimum atomic E-state index is -0.991. The Morgan fingerprint density at radius 3 is 2.43 bits per heavy atom. The molecule has 5 rings (SSSR count). The molecule has 1 N–H and O–H groups in total. The SMILES string of the molecule is Cc1ccc(Sc2ccc(/C=C3\SC(=Nc4ccccc4)N(Cc4ccc(C(=O)O)cc4)C3=O)o2)cc1. The zero-order valence-corrected chi connectivity index (χ0v) is 21.5. The summed E-state index contributed by atoms with van der Waals surface area (Å²) < 4.78 is 5.98. The summed E-state index contributed by atoms with van der Waals surface area (Å²) >= 11 is 2.81. The van der Waals surface area contributed by atoms with Crippen molar-refractivity contribution < 1.29 is 19.1 Å². The molecule has 2 heterocycles. The summed E-state index contributed by atoms with van der Waals surface area (Å²) in [4.78, 5) is 32.5. The van der Waals surface area contributed by atoms with Gasteiger partial charge in [0.05, 0.1) is 22.7 Å². The molecule has 6 nitrogen and oxygen atoms in total. The van der Waals surface area contributed by atoms with Crippen LogP contribution in [0.15, 0.2) is 115 Å². The summed E-state index contributed by atoms with van der Waals surface area (Å²) in [6, 6.07) is 27.9. The number of carbonyl (C=O) groups is 2. The van der Waals surface area contributed by atoms with Crippen molar-refractivity contribution in [1.29, 1.82) is 0 Å². The molecule has 0 atom stereocenters. The van der Waals surface area contributed by atoms with Gasteiger partial charge in [0, 0.05) is 11.0 Å². The van der Waals surface area contributed by atoms with Crippen LogP contribution in [0.2, 0.25) is 0 Å². The third kappa shape index (κ3) is 6.04. The molecular weight excluding hydrogens is 504 g/mol. The number of carbonyl (C=O) groups excluding carboxylic acids is 1. The summed E-state index contributed by atoms with van der Waals surface area (Å²) in [5.41, 5.74) is 2.93. The van der Waals surface area contributed by atoms with Crippen molar-refractivity contribution in [2.45, 2.75) is 23.5 Å². The van der Waals surface area contributed by atoms with Gasteiger partial charge in [-0.05, 0) is 72.8 Å². The van der Waals surface area contributed by atoms with Gasteiger partial charge in [0.15, 0.2) is 10.3 Å². The van der Waals surface area contributed by atoms with Gasteiger partial charge < -0.3 is 9.52 Å². The zero-order chi connectivity index (χ0) is 25.8. The molecule has 37 heavy (non-hydrogen) atoms. The predicted octanol–water partition coefficient (Wildman–Crippen LogP) is 7.24. The van der Waals surface area contributed by atoms with Crippen molar-refractivity contribution in [3.63, 3.8) is 0 Å². The van der Waals surface area contributed by atoms with Crippen molar-refractivity contribution >= 4 is 52.3 Å². The molecule has 4 aromatic rings. The monoisotopic (exact) mass is 526 g/mol. The largest absolute Gasteiger partial charge is 0.478 e. The molecule has 3 aromatic carbocycles. The maximum Gasteiger partial charge on any atom is 0.335 e. The summed E-state index contributed by atoms with van der Waals surface area (Å²) in [5.74, 6) is -0.599. The number of amidine groups is 1. The molecule has 0 saturated carbocycles. The Kier molecular flexibility index (Phi) is 7.30. The normalized spacial score (nSPS) is 15.6. The van der Waals surface area contributed by atoms with Gasteiger partial charge in [-0.1, -0.05) is 59.8 Å². The van der Waals surface area contributed by atoms with Gasteiger partial charge >= 0.3 is 5.97 Å². The molecule has 1 aromatic heterocycles. The first kappa shape index (κ1) is 24.7. The lowest BCUT2D eigenvalue weighted by Gasteiger charge is -2.16. The van der Waals surface area contributed by atoms with Crippen LogP contribution in [0.25, 0.3) is 6.08 Å². The molecule has 1 aliphatic heterocycles. The Labute approximate surface area is 222 Å². The highest BCUT2D eigenvalue weighted by Gasteiger charge is 2.34. The van der Waals surface area contributed by atoms with E-state index in [0.29, 0.717) is 15.8 Å². The first-order chi connectivity index (χ1) is 17.9. The first-order valence-electron chi connectivity index (χ1n) is 11.5. The third-order valence-electron chi connectivity index (χ3n) is 5.53. The molecule has 1 amide bonds. The van der Waals surface area contributed by atoms with Crippen LogP contribution in [0.4, 0.5) is 5.69 Å². The number of hydrogen-bond acceptors (Lipinski definition) is 6. The number of carboxylic acid groups (broad SMARTS) is 1. The molecule has 0 radical (unpaired) electrons. The smallest absolute Gasteiger partial charge is 0.335 e. The second kappa shape index (κ2) is 10.9. The summed E-state index contributed by atoms with van der Waals surface area (Å²) in [5, 5.41) is 10.5. The fraction of sp³-hybridized carbons (Fsp3) is 0.0690. The van der Waals surface area contributed by atoms with Crippen LogP contribution in [-0.4, -0.2) is 27.1 Å². The van der Waals surface area contributed by atoms with E-state index in [4.69, 9.17) is 9.41 Å². The maximum atomic E-state index is 13.4. The Morgan fingerprint density at radius 1 is 1.00 bits per heavy atom. The third-order valence-corrected chi connectivity index (χ3v) is 7.46. The quantitative estimate of drug-likeness (QED) is 0.256. The van der Waals surface area contributed by atoms with Crippen LogP contribution in [0.5, 0.6) is 0 Å². The minimum Gasteiger partial charge on any atom is -0.478 e. The number of benzene rings is 3. The lowest BCUT2D eigenvalue weighted by Crippen LogP contribution is -2.28. The Balaban J connectivity index is 1.40. The lowest BCUT2D eigenvalue weighted by atomic mass is 10.1. The molecule has 0 aliphatic carbocycles. The topological polar surface area (TPSA) is 83.1 Å². The van der Waals surface area contributed by atoms with E-state index in [1.807, 2.05) is 61.5 Å². The van der Waals surface area contributed by atoms with Gasteiger partial charge in [0.1, 0.15) is 5.76 Å². The van der Waals surface area contributed by atoms with Crippen LogP contribution in [-0.2, 0) is 11.3 Å². The van der Waals surface area contributed by atoms with Crippen LogP contribution in [0.1, 0.15) is 27.2 Å². The number of rotatable bonds is 7. The second-order valence-corrected chi connectivity index (χ2v) is 10.4. The number of nitrogens with zero attached hydrogens (tertiary/aromatic N) is 2. The van der Waals surface area contributed by atoms with E-state index in [0.717, 1.165) is 21.2 Å². The van der Waals surface area contributed by atoms with Crippen LogP contribution >= 0.6 is 23.5 Å². The van der Waals surface area contributed by atoms with Gasteiger partial charge in [-0.2, -0.15) is 0 Å². The van der Waals surface area contributed by atoms with E-state index in [-0.39, 0.29) is 18.0 Å². The first-order valence-corrected chi connectivity index (χ1v) is 13.1. The number of thioether (sulfide) groups is 1. The van der Waals surface area contributed by atoms with Crippen molar-refractivity contribution in [3.05, 3.63) is 118 Å². The van der Waals surface area contributed by atoms with Gasteiger partial charge in [-0.15, -0.1) is 0 Å². The summed E-state index contributed by atoms with van der Waals surface area (Å²) in [7, 11) is 0. The molecule has 184 valence electrons. The van der Waals surface area contributed by atoms with Gasteiger partial charge in [0.2, 0.25) is 0 Å². The highest BCUT2D eigenvalue weighted by atomic mass is 32.2. The van der Waals surface area contributed by atoms with E-state index in [9.17, 15) is 14.7 Å². The Hall–Kier alpha value is -4.01. The number of aromatic carboxylic acids is 1. The lowest BCUT2D eigenvalue weighted by molar-refractivity contribution is -0.122. The number of aliphatic imine (C=N–C) groups is 1. The number of hydrogen-bond donors (Lipinski definition) is 1. The van der Waals surface area contributed by atoms with E-state index in [1.165, 1.54) is 41.2 Å². The number of para-hydroxylation sites is 1. The Bertz CT molecular complexity index is 1490. The van der Waals surface area contributed by atoms with Crippen LogP contribution in [0, 0.1) is 6.92 Å². The number of amides is 1. The maximum absolute atomic E-state index is 13.4. The van der Waals surface area contributed by atoms with Crippen LogP contribution in [0.3, 0.4) is 0 Å². The summed E-state index contributed by atoms with van der Waals surface area (Å²) in [6.07, 6.45) is 1.74. The molecule has 1 fully saturated rings. The molecular formula is C29H22N2O4S2. The highest BCUT2D eigenvalue weighted by molar-refractivity contribution is 8.18. The molecule has 0 spiro atoms. The van der Waals surface area contributed by atoms with E-state index < -0.39 is 5.97 Å². The van der Waals surface area contributed by atoms with E-state index in [1.54, 1.807) is 23.1 Å². The molecule has 1 aliphatic rings. The predicted molar refractivity (Wildman–Crippen MR) is 147 cm³/mol. The average Bonchev–Trinajstić information content (AvgIpc) is 3.46. The molecule has 0 bridgehead atoms. The fourth-order valence-electron chi connectivity index (χ4n) is 3.60. The number of furan rings is 1. The van der Waals surface area contributed by atoms with E-state index >= 15 is 0 Å². The average molecular weight is 527 g/mol. The molecule has 8 heteroatoms. The van der Waals surface area contributed by atoms with Gasteiger partial charge in [0.25, 0.3) is 5.91 Å². The van der Waals surface area contributed by atoms with E-state index in [2.05, 4.69) is 12.1 Å². The van der Waals surface area contributed by atoms with Gasteiger partial charge in [-0.25, -0.2) is 9.79 Å². The number of carboxylic acids is 1. The second-order valence-electron chi connectivity index (χ2n) is 8.31. The zero-order valence-electron chi connectivity index (χ0n) is 19.8. The fourth-order valence-corrected chi connectivity index (χ4v) is 5.35. The standard InChI is InChI=1S/C29H22N2O4S2/c1-19-7-14-24(15-8-19)36-26-16-13-23(35-26)17-25-27(32)31(18-20-9-11-21(12-10-20)28(33)34)29(37-25)30-22-5-3-2-4-6-22/h2-17H,18H2,1H3,(H,33,34)/b25-17-,30-29?. The molecule has 1 saturated heterocycles. The Morgan fingerprint density at radius 2 is 1.73 bits per heavy atom. The minimum absolute atomic E-state index is 0.189.